The number of hydrogen-bond acceptors (Lipinski definition) is 6. The summed E-state index contributed by atoms with van der Waals surface area (Å²) in [5.41, 5.74) is 8.62. The molecule has 7 heteroatoms. The predicted molar refractivity (Wildman–Crippen MR) is 107 cm³/mol. The van der Waals surface area contributed by atoms with Gasteiger partial charge in [-0.3, -0.25) is 9.59 Å². The van der Waals surface area contributed by atoms with E-state index in [-0.39, 0.29) is 18.2 Å². The zero-order chi connectivity index (χ0) is 20.1. The summed E-state index contributed by atoms with van der Waals surface area (Å²) in [5.74, 6) is 0.468. The quantitative estimate of drug-likeness (QED) is 0.612. The minimum atomic E-state index is -0.135. The average molecular weight is 378 g/mol. The number of carbonyl (C=O) groups excluding carboxylic acids is 2. The van der Waals surface area contributed by atoms with E-state index in [2.05, 4.69) is 10.3 Å². The van der Waals surface area contributed by atoms with Crippen molar-refractivity contribution >= 4 is 23.4 Å². The van der Waals surface area contributed by atoms with E-state index in [4.69, 9.17) is 10.2 Å². The number of anilines is 2. The number of likely N-dealkylation sites (N-methyl/N-ethyl adjacent to an activating group) is 1. The molecular weight excluding hydrogens is 356 g/mol. The molecule has 0 spiro atoms. The van der Waals surface area contributed by atoms with Gasteiger partial charge in [0.05, 0.1) is 12.7 Å². The van der Waals surface area contributed by atoms with E-state index >= 15 is 0 Å². The van der Waals surface area contributed by atoms with Gasteiger partial charge in [-0.15, -0.1) is 0 Å². The largest absolute Gasteiger partial charge is 0.423 e. The molecule has 1 heterocycles. The third kappa shape index (κ3) is 4.44. The summed E-state index contributed by atoms with van der Waals surface area (Å²) in [5, 5.41) is 3.08. The number of benzene rings is 2. The monoisotopic (exact) mass is 378 g/mol. The normalized spacial score (nSPS) is 10.5. The highest BCUT2D eigenvalue weighted by Crippen LogP contribution is 2.28. The Kier molecular flexibility index (Phi) is 5.86. The Labute approximate surface area is 163 Å². The second-order valence-corrected chi connectivity index (χ2v) is 6.40. The molecule has 0 fully saturated rings. The number of nitrogens with zero attached hydrogens (tertiary/aromatic N) is 2. The van der Waals surface area contributed by atoms with Gasteiger partial charge in [0.25, 0.3) is 6.01 Å². The minimum absolute atomic E-state index is 0.0136. The number of rotatable bonds is 7. The third-order valence-electron chi connectivity index (χ3n) is 4.34. The lowest BCUT2D eigenvalue weighted by Gasteiger charge is -2.17. The number of nitrogens with two attached hydrogens (primary N) is 1. The molecule has 0 unspecified atom stereocenters. The fraction of sp³-hybridized carbons (Fsp3) is 0.190. The van der Waals surface area contributed by atoms with Crippen LogP contribution in [0.5, 0.6) is 0 Å². The topological polar surface area (TPSA) is 101 Å². The smallest absolute Gasteiger partial charge is 0.299 e. The first-order chi connectivity index (χ1) is 13.5. The zero-order valence-corrected chi connectivity index (χ0v) is 15.8. The number of nitrogens with one attached hydrogen (secondary N) is 1. The summed E-state index contributed by atoms with van der Waals surface area (Å²) in [6, 6.07) is 15.1. The van der Waals surface area contributed by atoms with Gasteiger partial charge < -0.3 is 20.4 Å². The Bertz CT molecular complexity index is 979. The van der Waals surface area contributed by atoms with E-state index in [1.165, 1.54) is 6.92 Å². The van der Waals surface area contributed by atoms with Crippen molar-refractivity contribution in [3.05, 3.63) is 65.9 Å². The second-order valence-electron chi connectivity index (χ2n) is 6.40. The minimum Gasteiger partial charge on any atom is -0.423 e. The molecular formula is C21H22N4O3. The van der Waals surface area contributed by atoms with Crippen molar-refractivity contribution in [2.75, 3.05) is 18.9 Å². The first-order valence-electron chi connectivity index (χ1n) is 8.84. The summed E-state index contributed by atoms with van der Waals surface area (Å²) in [7, 11) is 1.71. The van der Waals surface area contributed by atoms with Crippen LogP contribution in [0, 0.1) is 0 Å². The van der Waals surface area contributed by atoms with Gasteiger partial charge in [0, 0.05) is 30.4 Å². The van der Waals surface area contributed by atoms with Gasteiger partial charge >= 0.3 is 0 Å². The van der Waals surface area contributed by atoms with Crippen molar-refractivity contribution in [1.82, 2.24) is 9.88 Å². The van der Waals surface area contributed by atoms with Crippen molar-refractivity contribution in [2.45, 2.75) is 13.5 Å². The van der Waals surface area contributed by atoms with Crippen molar-refractivity contribution in [1.29, 1.82) is 0 Å². The molecule has 0 aliphatic heterocycles. The maximum Gasteiger partial charge on any atom is 0.299 e. The number of amides is 1. The number of Topliss-reactive ketones (excluding diaryl/α,β-unsaturated/α-hetero) is 1. The molecule has 0 radical (unpaired) electrons. The number of oxazole rings is 1. The summed E-state index contributed by atoms with van der Waals surface area (Å²) < 4.78 is 5.84. The van der Waals surface area contributed by atoms with Gasteiger partial charge in [0.2, 0.25) is 5.91 Å². The van der Waals surface area contributed by atoms with Crippen LogP contribution in [0.4, 0.5) is 11.7 Å². The number of ketones is 1. The average Bonchev–Trinajstić information content (AvgIpc) is 3.16. The molecule has 1 amide bonds. The second kappa shape index (κ2) is 8.49. The first-order valence-corrected chi connectivity index (χ1v) is 8.84. The van der Waals surface area contributed by atoms with E-state index in [9.17, 15) is 9.59 Å². The van der Waals surface area contributed by atoms with Crippen LogP contribution in [0.15, 0.2) is 59.1 Å². The predicted octanol–water partition coefficient (Wildman–Crippen LogP) is 3.20. The molecule has 144 valence electrons. The van der Waals surface area contributed by atoms with Crippen LogP contribution in [0.25, 0.3) is 11.3 Å². The molecule has 0 bridgehead atoms. The van der Waals surface area contributed by atoms with Gasteiger partial charge in [0.1, 0.15) is 0 Å². The molecule has 1 aromatic heterocycles. The summed E-state index contributed by atoms with van der Waals surface area (Å²) >= 11 is 0. The fourth-order valence-electron chi connectivity index (χ4n) is 2.77. The van der Waals surface area contributed by atoms with Crippen molar-refractivity contribution in [3.8, 4) is 11.3 Å². The molecule has 7 nitrogen and oxygen atoms in total. The van der Waals surface area contributed by atoms with E-state index in [1.807, 2.05) is 24.3 Å². The number of hydrogen-bond donors (Lipinski definition) is 2. The summed E-state index contributed by atoms with van der Waals surface area (Å²) in [6.07, 6.45) is 1.63. The van der Waals surface area contributed by atoms with Crippen LogP contribution in [0.1, 0.15) is 22.8 Å². The zero-order valence-electron chi connectivity index (χ0n) is 15.8. The maximum atomic E-state index is 11.8. The lowest BCUT2D eigenvalue weighted by molar-refractivity contribution is -0.128. The van der Waals surface area contributed by atoms with Gasteiger partial charge in [-0.05, 0) is 36.8 Å². The summed E-state index contributed by atoms with van der Waals surface area (Å²) in [6.45, 7) is 1.92. The molecule has 0 saturated heterocycles. The van der Waals surface area contributed by atoms with E-state index in [1.54, 1.807) is 42.4 Å². The molecule has 28 heavy (non-hydrogen) atoms. The van der Waals surface area contributed by atoms with E-state index < -0.39 is 0 Å². The number of aromatic nitrogens is 1. The van der Waals surface area contributed by atoms with Crippen LogP contribution < -0.4 is 11.1 Å². The van der Waals surface area contributed by atoms with Crippen LogP contribution in [-0.2, 0) is 11.3 Å². The molecule has 0 aliphatic rings. The van der Waals surface area contributed by atoms with Crippen LogP contribution in [0.3, 0.4) is 0 Å². The lowest BCUT2D eigenvalue weighted by atomic mass is 10.1. The standard InChI is InChI=1S/C21H22N4O3/c1-14(26)15-7-9-17(10-8-15)24-21-23-12-19(28-21)18-6-4-3-5-16(18)13-25(2)20(27)11-22/h3-10,12H,11,13,22H2,1-2H3,(H,23,24). The van der Waals surface area contributed by atoms with Crippen molar-refractivity contribution in [3.63, 3.8) is 0 Å². The van der Waals surface area contributed by atoms with Gasteiger partial charge in [0.15, 0.2) is 11.5 Å². The molecule has 0 saturated carbocycles. The van der Waals surface area contributed by atoms with Gasteiger partial charge in [-0.25, -0.2) is 4.98 Å². The Morgan fingerprint density at radius 2 is 1.86 bits per heavy atom. The molecule has 2 aromatic carbocycles. The third-order valence-corrected chi connectivity index (χ3v) is 4.34. The Balaban J connectivity index is 1.78. The summed E-state index contributed by atoms with van der Waals surface area (Å²) in [4.78, 5) is 29.0. The SMILES string of the molecule is CC(=O)c1ccc(Nc2ncc(-c3ccccc3CN(C)C(=O)CN)o2)cc1. The molecule has 0 aliphatic carbocycles. The molecule has 0 atom stereocenters. The lowest BCUT2D eigenvalue weighted by Crippen LogP contribution is -2.32. The van der Waals surface area contributed by atoms with Gasteiger partial charge in [-0.1, -0.05) is 24.3 Å². The fourth-order valence-corrected chi connectivity index (χ4v) is 2.77. The first kappa shape index (κ1) is 19.3. The van der Waals surface area contributed by atoms with Crippen LogP contribution in [-0.4, -0.2) is 35.2 Å². The van der Waals surface area contributed by atoms with Crippen LogP contribution >= 0.6 is 0 Å². The maximum absolute atomic E-state index is 11.8. The highest BCUT2D eigenvalue weighted by Gasteiger charge is 2.14. The highest BCUT2D eigenvalue weighted by atomic mass is 16.4. The molecule has 3 rings (SSSR count). The van der Waals surface area contributed by atoms with Crippen LogP contribution in [0.2, 0.25) is 0 Å². The molecule has 3 aromatic rings. The van der Waals surface area contributed by atoms with Crippen molar-refractivity contribution < 1.29 is 14.0 Å². The van der Waals surface area contributed by atoms with Gasteiger partial charge in [-0.2, -0.15) is 0 Å². The Morgan fingerprint density at radius 1 is 1.14 bits per heavy atom. The Hall–Kier alpha value is -3.45. The number of carbonyl (C=O) groups is 2. The molecule has 3 N–H and O–H groups in total. The highest BCUT2D eigenvalue weighted by molar-refractivity contribution is 5.94. The van der Waals surface area contributed by atoms with E-state index in [0.29, 0.717) is 23.9 Å². The van der Waals surface area contributed by atoms with E-state index in [0.717, 1.165) is 16.8 Å². The van der Waals surface area contributed by atoms with Crippen molar-refractivity contribution in [2.24, 2.45) is 5.73 Å². The Morgan fingerprint density at radius 3 is 2.54 bits per heavy atom.